The molecule has 0 saturated heterocycles. The third-order valence-corrected chi connectivity index (χ3v) is 4.27. The summed E-state index contributed by atoms with van der Waals surface area (Å²) >= 11 is 5.80. The Hall–Kier alpha value is -1.99. The third-order valence-electron chi connectivity index (χ3n) is 4.05. The van der Waals surface area contributed by atoms with Crippen LogP contribution in [-0.2, 0) is 12.7 Å². The van der Waals surface area contributed by atoms with Crippen LogP contribution in [0.2, 0.25) is 0 Å². The van der Waals surface area contributed by atoms with E-state index in [1.807, 2.05) is 0 Å². The summed E-state index contributed by atoms with van der Waals surface area (Å²) in [5.41, 5.74) is -0.0606. The van der Waals surface area contributed by atoms with E-state index in [0.717, 1.165) is 12.1 Å². The number of carbonyl (C=O) groups is 1. The number of aromatic nitrogens is 1. The van der Waals surface area contributed by atoms with Gasteiger partial charge < -0.3 is 9.64 Å². The van der Waals surface area contributed by atoms with Crippen molar-refractivity contribution in [3.8, 4) is 5.88 Å². The Balaban J connectivity index is 0.00000261. The van der Waals surface area contributed by atoms with Crippen molar-refractivity contribution in [3.05, 3.63) is 59.3 Å². The van der Waals surface area contributed by atoms with Crippen molar-refractivity contribution < 1.29 is 22.7 Å². The average Bonchev–Trinajstić information content (AvgIpc) is 2.72. The Bertz CT molecular complexity index is 802. The van der Waals surface area contributed by atoms with Crippen molar-refractivity contribution in [3.63, 3.8) is 0 Å². The molecule has 2 heterocycles. The SMILES string of the molecule is Cl.O=C1c2cccnc2OC(CCCl)CN1Cc1cccc(C(F)(F)F)c1. The molecule has 1 unspecified atom stereocenters. The van der Waals surface area contributed by atoms with E-state index in [9.17, 15) is 18.0 Å². The lowest BCUT2D eigenvalue weighted by Gasteiger charge is -2.24. The average molecular weight is 421 g/mol. The van der Waals surface area contributed by atoms with Crippen LogP contribution in [0.4, 0.5) is 13.2 Å². The van der Waals surface area contributed by atoms with E-state index in [1.54, 1.807) is 18.2 Å². The fourth-order valence-corrected chi connectivity index (χ4v) is 3.06. The van der Waals surface area contributed by atoms with Gasteiger partial charge in [-0.15, -0.1) is 24.0 Å². The van der Waals surface area contributed by atoms with Gasteiger partial charge in [-0.05, 0) is 36.2 Å². The van der Waals surface area contributed by atoms with E-state index in [2.05, 4.69) is 4.98 Å². The first kappa shape index (κ1) is 21.3. The highest BCUT2D eigenvalue weighted by Gasteiger charge is 2.32. The summed E-state index contributed by atoms with van der Waals surface area (Å²) in [6.45, 7) is 0.261. The number of carbonyl (C=O) groups excluding carboxylic acids is 1. The second kappa shape index (κ2) is 8.80. The Morgan fingerprint density at radius 2 is 2.04 bits per heavy atom. The van der Waals surface area contributed by atoms with Crippen molar-refractivity contribution >= 4 is 29.9 Å². The van der Waals surface area contributed by atoms with Crippen molar-refractivity contribution in [2.45, 2.75) is 25.2 Å². The maximum absolute atomic E-state index is 12.9. The van der Waals surface area contributed by atoms with Crippen LogP contribution in [0, 0.1) is 0 Å². The zero-order chi connectivity index (χ0) is 18.7. The van der Waals surface area contributed by atoms with E-state index >= 15 is 0 Å². The van der Waals surface area contributed by atoms with Crippen LogP contribution >= 0.6 is 24.0 Å². The lowest BCUT2D eigenvalue weighted by molar-refractivity contribution is -0.137. The number of ether oxygens (including phenoxy) is 1. The Morgan fingerprint density at radius 1 is 1.26 bits per heavy atom. The number of pyridine rings is 1. The number of rotatable bonds is 4. The zero-order valence-corrected chi connectivity index (χ0v) is 15.7. The van der Waals surface area contributed by atoms with E-state index in [-0.39, 0.29) is 49.0 Å². The topological polar surface area (TPSA) is 42.4 Å². The summed E-state index contributed by atoms with van der Waals surface area (Å²) in [6, 6.07) is 8.17. The van der Waals surface area contributed by atoms with Crippen LogP contribution < -0.4 is 4.74 Å². The number of fused-ring (bicyclic) bond motifs is 1. The third kappa shape index (κ3) is 5.05. The molecule has 0 saturated carbocycles. The van der Waals surface area contributed by atoms with Crippen LogP contribution in [-0.4, -0.2) is 34.3 Å². The molecular weight excluding hydrogens is 404 g/mol. The molecule has 9 heteroatoms. The number of alkyl halides is 4. The second-order valence-corrected chi connectivity index (χ2v) is 6.34. The van der Waals surface area contributed by atoms with E-state index in [1.165, 1.54) is 17.2 Å². The highest BCUT2D eigenvalue weighted by atomic mass is 35.5. The molecule has 0 radical (unpaired) electrons. The van der Waals surface area contributed by atoms with Crippen LogP contribution in [0.25, 0.3) is 0 Å². The van der Waals surface area contributed by atoms with Gasteiger partial charge in [0.25, 0.3) is 5.91 Å². The highest BCUT2D eigenvalue weighted by molar-refractivity contribution is 6.17. The number of halogens is 5. The molecule has 1 aliphatic heterocycles. The molecule has 146 valence electrons. The molecule has 1 aromatic carbocycles. The summed E-state index contributed by atoms with van der Waals surface area (Å²) in [7, 11) is 0. The van der Waals surface area contributed by atoms with Gasteiger partial charge >= 0.3 is 6.18 Å². The molecule has 2 aromatic rings. The van der Waals surface area contributed by atoms with Gasteiger partial charge in [0.1, 0.15) is 11.7 Å². The number of hydrogen-bond donors (Lipinski definition) is 0. The summed E-state index contributed by atoms with van der Waals surface area (Å²) in [4.78, 5) is 18.4. The molecule has 0 spiro atoms. The fraction of sp³-hybridized carbons (Fsp3) is 0.333. The molecule has 1 atom stereocenters. The number of nitrogens with zero attached hydrogens (tertiary/aromatic N) is 2. The van der Waals surface area contributed by atoms with Gasteiger partial charge in [-0.25, -0.2) is 4.98 Å². The molecule has 1 amide bonds. The molecule has 4 nitrogen and oxygen atoms in total. The summed E-state index contributed by atoms with van der Waals surface area (Å²) in [5, 5.41) is 0. The van der Waals surface area contributed by atoms with Gasteiger partial charge in [0.05, 0.1) is 12.1 Å². The molecule has 27 heavy (non-hydrogen) atoms. The Morgan fingerprint density at radius 3 is 2.74 bits per heavy atom. The second-order valence-electron chi connectivity index (χ2n) is 5.96. The van der Waals surface area contributed by atoms with Crippen LogP contribution in [0.1, 0.15) is 27.9 Å². The van der Waals surface area contributed by atoms with Crippen molar-refractivity contribution in [2.75, 3.05) is 12.4 Å². The number of benzene rings is 1. The van der Waals surface area contributed by atoms with E-state index in [0.29, 0.717) is 17.9 Å². The molecule has 0 fully saturated rings. The van der Waals surface area contributed by atoms with Crippen LogP contribution in [0.15, 0.2) is 42.6 Å². The smallest absolute Gasteiger partial charge is 0.416 e. The van der Waals surface area contributed by atoms with Gasteiger partial charge in [0.2, 0.25) is 5.88 Å². The summed E-state index contributed by atoms with van der Waals surface area (Å²) in [5.74, 6) is 0.222. The molecule has 1 aromatic heterocycles. The highest BCUT2D eigenvalue weighted by Crippen LogP contribution is 2.30. The van der Waals surface area contributed by atoms with E-state index < -0.39 is 11.7 Å². The minimum atomic E-state index is -4.43. The molecule has 1 aliphatic rings. The molecule has 0 aliphatic carbocycles. The first-order chi connectivity index (χ1) is 12.4. The summed E-state index contributed by atoms with van der Waals surface area (Å²) < 4.78 is 44.5. The molecule has 0 N–H and O–H groups in total. The van der Waals surface area contributed by atoms with E-state index in [4.69, 9.17) is 16.3 Å². The molecule has 3 rings (SSSR count). The van der Waals surface area contributed by atoms with Gasteiger partial charge in [-0.3, -0.25) is 4.79 Å². The first-order valence-electron chi connectivity index (χ1n) is 8.01. The lowest BCUT2D eigenvalue weighted by Crippen LogP contribution is -2.36. The Kier molecular flexibility index (Phi) is 6.95. The standard InChI is InChI=1S/C18H16ClF3N2O2.ClH/c19-7-6-14-11-24(17(25)15-5-2-8-23-16(15)26-14)10-12-3-1-4-13(9-12)18(20,21)22;/h1-5,8-9,14H,6-7,10-11H2;1H. The largest absolute Gasteiger partial charge is 0.472 e. The normalized spacial score (nSPS) is 16.8. The molecular formula is C18H17Cl2F3N2O2. The first-order valence-corrected chi connectivity index (χ1v) is 8.55. The van der Waals surface area contributed by atoms with Crippen molar-refractivity contribution in [1.82, 2.24) is 9.88 Å². The minimum Gasteiger partial charge on any atom is -0.472 e. The minimum absolute atomic E-state index is 0. The lowest BCUT2D eigenvalue weighted by atomic mass is 10.1. The quantitative estimate of drug-likeness (QED) is 0.681. The van der Waals surface area contributed by atoms with Crippen LogP contribution in [0.5, 0.6) is 5.88 Å². The predicted molar refractivity (Wildman–Crippen MR) is 97.4 cm³/mol. The van der Waals surface area contributed by atoms with Gasteiger partial charge in [0.15, 0.2) is 0 Å². The number of amides is 1. The monoisotopic (exact) mass is 420 g/mol. The predicted octanol–water partition coefficient (Wildman–Crippen LogP) is 4.55. The van der Waals surface area contributed by atoms with Gasteiger partial charge in [-0.2, -0.15) is 13.2 Å². The summed E-state index contributed by atoms with van der Waals surface area (Å²) in [6.07, 6.45) is -2.80. The number of hydrogen-bond acceptors (Lipinski definition) is 3. The van der Waals surface area contributed by atoms with Gasteiger partial charge in [-0.1, -0.05) is 12.1 Å². The van der Waals surface area contributed by atoms with Crippen molar-refractivity contribution in [2.24, 2.45) is 0 Å². The maximum atomic E-state index is 12.9. The maximum Gasteiger partial charge on any atom is 0.416 e. The zero-order valence-electron chi connectivity index (χ0n) is 14.1. The van der Waals surface area contributed by atoms with Gasteiger partial charge in [0, 0.05) is 18.6 Å². The van der Waals surface area contributed by atoms with Crippen LogP contribution in [0.3, 0.4) is 0 Å². The fourth-order valence-electron chi connectivity index (χ4n) is 2.82. The molecule has 0 bridgehead atoms. The van der Waals surface area contributed by atoms with Crippen molar-refractivity contribution in [1.29, 1.82) is 0 Å². The Labute approximate surface area is 165 Å².